The van der Waals surface area contributed by atoms with Gasteiger partial charge in [-0.05, 0) is 30.3 Å². The maximum absolute atomic E-state index is 12.0. The fourth-order valence-electron chi connectivity index (χ4n) is 1.64. The predicted molar refractivity (Wildman–Crippen MR) is 75.8 cm³/mol. The summed E-state index contributed by atoms with van der Waals surface area (Å²) in [6, 6.07) is 7.77. The van der Waals surface area contributed by atoms with Crippen molar-refractivity contribution in [2.24, 2.45) is 5.73 Å². The van der Waals surface area contributed by atoms with Gasteiger partial charge in [-0.15, -0.1) is 0 Å². The number of rotatable bonds is 5. The van der Waals surface area contributed by atoms with Gasteiger partial charge in [0.15, 0.2) is 0 Å². The Morgan fingerprint density at radius 1 is 1.30 bits per heavy atom. The van der Waals surface area contributed by atoms with E-state index >= 15 is 0 Å². The highest BCUT2D eigenvalue weighted by Crippen LogP contribution is 2.19. The van der Waals surface area contributed by atoms with Crippen LogP contribution in [-0.4, -0.2) is 25.9 Å². The van der Waals surface area contributed by atoms with E-state index in [1.165, 1.54) is 12.1 Å². The van der Waals surface area contributed by atoms with E-state index in [-0.39, 0.29) is 17.9 Å². The van der Waals surface area contributed by atoms with E-state index in [1.54, 1.807) is 18.2 Å². The Bertz CT molecular complexity index is 762. The van der Waals surface area contributed by atoms with E-state index < -0.39 is 15.9 Å². The quantitative estimate of drug-likeness (QED) is 0.805. The maximum atomic E-state index is 12.0. The molecule has 0 fully saturated rings. The third kappa shape index (κ3) is 3.44. The molecule has 8 heteroatoms. The summed E-state index contributed by atoms with van der Waals surface area (Å²) in [4.78, 5) is 14.8. The number of primary amides is 1. The van der Waals surface area contributed by atoms with Crippen LogP contribution in [0.1, 0.15) is 6.42 Å². The minimum Gasteiger partial charge on any atom is -0.370 e. The molecule has 2 rings (SSSR count). The summed E-state index contributed by atoms with van der Waals surface area (Å²) in [5.41, 5.74) is 5.56. The average molecular weight is 314 g/mol. The number of amides is 1. The molecule has 0 aliphatic heterocycles. The van der Waals surface area contributed by atoms with Crippen LogP contribution >= 0.6 is 11.6 Å². The van der Waals surface area contributed by atoms with Gasteiger partial charge >= 0.3 is 0 Å². The number of hydrogen-bond donors (Lipinski definition) is 2. The molecule has 1 aromatic carbocycles. The van der Waals surface area contributed by atoms with Crippen LogP contribution in [0.25, 0.3) is 10.9 Å². The molecule has 106 valence electrons. The van der Waals surface area contributed by atoms with Gasteiger partial charge in [0.2, 0.25) is 15.9 Å². The van der Waals surface area contributed by atoms with Gasteiger partial charge in [0.05, 0.1) is 10.4 Å². The van der Waals surface area contributed by atoms with Crippen LogP contribution < -0.4 is 10.5 Å². The van der Waals surface area contributed by atoms with Crippen LogP contribution in [0.3, 0.4) is 0 Å². The average Bonchev–Trinajstić information content (AvgIpc) is 2.37. The van der Waals surface area contributed by atoms with Gasteiger partial charge in [-0.3, -0.25) is 4.79 Å². The van der Waals surface area contributed by atoms with Gasteiger partial charge in [-0.2, -0.15) is 0 Å². The second kappa shape index (κ2) is 5.74. The molecule has 0 spiro atoms. The minimum absolute atomic E-state index is 0.0332. The van der Waals surface area contributed by atoms with E-state index in [0.29, 0.717) is 16.1 Å². The Morgan fingerprint density at radius 2 is 2.05 bits per heavy atom. The van der Waals surface area contributed by atoms with Crippen LogP contribution in [0.15, 0.2) is 35.2 Å². The van der Waals surface area contributed by atoms with Crippen molar-refractivity contribution in [3.63, 3.8) is 0 Å². The van der Waals surface area contributed by atoms with Crippen molar-refractivity contribution in [2.75, 3.05) is 6.54 Å². The first kappa shape index (κ1) is 14.7. The molecule has 0 radical (unpaired) electrons. The van der Waals surface area contributed by atoms with Gasteiger partial charge in [0.25, 0.3) is 0 Å². The summed E-state index contributed by atoms with van der Waals surface area (Å²) in [6.07, 6.45) is -0.0516. The number of nitrogens with one attached hydrogen (secondary N) is 1. The molecule has 1 heterocycles. The van der Waals surface area contributed by atoms with E-state index in [4.69, 9.17) is 17.3 Å². The first-order chi connectivity index (χ1) is 9.38. The number of aromatic nitrogens is 1. The first-order valence-corrected chi connectivity index (χ1v) is 7.59. The molecule has 0 unspecified atom stereocenters. The zero-order chi connectivity index (χ0) is 14.8. The lowest BCUT2D eigenvalue weighted by atomic mass is 10.2. The van der Waals surface area contributed by atoms with Crippen molar-refractivity contribution < 1.29 is 13.2 Å². The fraction of sp³-hybridized carbons (Fsp3) is 0.167. The summed E-state index contributed by atoms with van der Waals surface area (Å²) in [6.45, 7) is -0.0332. The Balaban J connectivity index is 2.27. The van der Waals surface area contributed by atoms with Crippen molar-refractivity contribution in [1.82, 2.24) is 9.71 Å². The van der Waals surface area contributed by atoms with E-state index in [0.717, 1.165) is 0 Å². The summed E-state index contributed by atoms with van der Waals surface area (Å²) < 4.78 is 26.3. The summed E-state index contributed by atoms with van der Waals surface area (Å²) in [5.74, 6) is -0.565. The van der Waals surface area contributed by atoms with Crippen LogP contribution in [0.4, 0.5) is 0 Å². The standard InChI is InChI=1S/C12H12ClN3O3S/c13-11-4-1-8-7-9(2-3-10(8)16-11)20(18,19)15-6-5-12(14)17/h1-4,7,15H,5-6H2,(H2,14,17). The molecule has 2 aromatic rings. The lowest BCUT2D eigenvalue weighted by molar-refractivity contribution is -0.117. The lowest BCUT2D eigenvalue weighted by Gasteiger charge is -2.07. The fourth-order valence-corrected chi connectivity index (χ4v) is 2.86. The molecule has 0 aliphatic carbocycles. The number of carbonyl (C=O) groups is 1. The van der Waals surface area contributed by atoms with Gasteiger partial charge in [-0.1, -0.05) is 11.6 Å². The van der Waals surface area contributed by atoms with Gasteiger partial charge in [-0.25, -0.2) is 18.1 Å². The number of halogens is 1. The number of sulfonamides is 1. The molecule has 6 nitrogen and oxygen atoms in total. The Morgan fingerprint density at radius 3 is 2.75 bits per heavy atom. The zero-order valence-electron chi connectivity index (χ0n) is 10.3. The summed E-state index contributed by atoms with van der Waals surface area (Å²) in [7, 11) is -3.68. The topological polar surface area (TPSA) is 102 Å². The largest absolute Gasteiger partial charge is 0.370 e. The maximum Gasteiger partial charge on any atom is 0.240 e. The van der Waals surface area contributed by atoms with Crippen molar-refractivity contribution in [2.45, 2.75) is 11.3 Å². The van der Waals surface area contributed by atoms with Crippen molar-refractivity contribution in [3.05, 3.63) is 35.5 Å². The van der Waals surface area contributed by atoms with Gasteiger partial charge < -0.3 is 5.73 Å². The normalized spacial score (nSPS) is 11.7. The molecule has 1 aromatic heterocycles. The molecule has 0 atom stereocenters. The molecular weight excluding hydrogens is 302 g/mol. The highest BCUT2D eigenvalue weighted by Gasteiger charge is 2.14. The molecule has 1 amide bonds. The molecular formula is C12H12ClN3O3S. The second-order valence-electron chi connectivity index (χ2n) is 4.10. The SMILES string of the molecule is NC(=O)CCNS(=O)(=O)c1ccc2nc(Cl)ccc2c1. The van der Waals surface area contributed by atoms with Crippen molar-refractivity contribution in [3.8, 4) is 0 Å². The molecule has 0 saturated carbocycles. The smallest absolute Gasteiger partial charge is 0.240 e. The lowest BCUT2D eigenvalue weighted by Crippen LogP contribution is -2.28. The Hall–Kier alpha value is -1.70. The van der Waals surface area contributed by atoms with Crippen LogP contribution in [0.5, 0.6) is 0 Å². The summed E-state index contributed by atoms with van der Waals surface area (Å²) >= 11 is 5.76. The third-order valence-corrected chi connectivity index (χ3v) is 4.27. The second-order valence-corrected chi connectivity index (χ2v) is 6.26. The van der Waals surface area contributed by atoms with Crippen LogP contribution in [0, 0.1) is 0 Å². The minimum atomic E-state index is -3.68. The number of hydrogen-bond acceptors (Lipinski definition) is 4. The molecule has 20 heavy (non-hydrogen) atoms. The first-order valence-electron chi connectivity index (χ1n) is 5.73. The van der Waals surface area contributed by atoms with Crippen LogP contribution in [-0.2, 0) is 14.8 Å². The Labute approximate surface area is 121 Å². The monoisotopic (exact) mass is 313 g/mol. The van der Waals surface area contributed by atoms with Gasteiger partial charge in [0.1, 0.15) is 5.15 Å². The molecule has 0 saturated heterocycles. The van der Waals surface area contributed by atoms with E-state index in [2.05, 4.69) is 9.71 Å². The molecule has 3 N–H and O–H groups in total. The summed E-state index contributed by atoms with van der Waals surface area (Å²) in [5, 5.41) is 1.000. The number of fused-ring (bicyclic) bond motifs is 1. The number of benzene rings is 1. The number of pyridine rings is 1. The third-order valence-electron chi connectivity index (χ3n) is 2.60. The number of nitrogens with zero attached hydrogens (tertiary/aromatic N) is 1. The van der Waals surface area contributed by atoms with Crippen molar-refractivity contribution >= 4 is 38.4 Å². The molecule has 0 bridgehead atoms. The zero-order valence-corrected chi connectivity index (χ0v) is 11.9. The Kier molecular flexibility index (Phi) is 4.22. The van der Waals surface area contributed by atoms with Crippen molar-refractivity contribution in [1.29, 1.82) is 0 Å². The molecule has 0 aliphatic rings. The number of nitrogens with two attached hydrogens (primary N) is 1. The highest BCUT2D eigenvalue weighted by atomic mass is 35.5. The van der Waals surface area contributed by atoms with E-state index in [1.807, 2.05) is 0 Å². The highest BCUT2D eigenvalue weighted by molar-refractivity contribution is 7.89. The van der Waals surface area contributed by atoms with Gasteiger partial charge in [0, 0.05) is 18.4 Å². The predicted octanol–water partition coefficient (Wildman–Crippen LogP) is 1.04. The van der Waals surface area contributed by atoms with E-state index in [9.17, 15) is 13.2 Å². The number of carbonyl (C=O) groups excluding carboxylic acids is 1. The van der Waals surface area contributed by atoms with Crippen LogP contribution in [0.2, 0.25) is 5.15 Å².